The number of aliphatic carboxylic acids is 1. The van der Waals surface area contributed by atoms with Gasteiger partial charge in [0.05, 0.1) is 37.2 Å². The second-order valence-corrected chi connectivity index (χ2v) is 10.1. The summed E-state index contributed by atoms with van der Waals surface area (Å²) in [4.78, 5) is 24.3. The second-order valence-electron chi connectivity index (χ2n) is 10.1. The molecule has 0 spiro atoms. The third-order valence-corrected chi connectivity index (χ3v) is 7.23. The van der Waals surface area contributed by atoms with Crippen molar-refractivity contribution in [3.63, 3.8) is 0 Å². The highest BCUT2D eigenvalue weighted by Crippen LogP contribution is 2.44. The Morgan fingerprint density at radius 2 is 1.81 bits per heavy atom. The fourth-order valence-corrected chi connectivity index (χ4v) is 5.12. The number of aromatic nitrogens is 1. The molecule has 13 heteroatoms. The summed E-state index contributed by atoms with van der Waals surface area (Å²) < 4.78 is 56.2. The molecule has 0 aliphatic carbocycles. The maximum Gasteiger partial charge on any atom is 0.422 e. The number of carboxylic acids is 1. The first kappa shape index (κ1) is 30.4. The Hall–Kier alpha value is -4.59. The molecule has 0 saturated carbocycles. The maximum atomic E-state index is 14.6. The van der Waals surface area contributed by atoms with Crippen LogP contribution in [0.15, 0.2) is 42.6 Å². The van der Waals surface area contributed by atoms with Gasteiger partial charge >= 0.3 is 12.1 Å². The number of Topliss-reactive ketones (excluding diaryl/α,β-unsaturated/α-hetero) is 1. The highest BCUT2D eigenvalue weighted by Gasteiger charge is 2.57. The number of nitriles is 2. The minimum Gasteiger partial charge on any atom is -0.493 e. The number of nitrogens with zero attached hydrogens (tertiary/aromatic N) is 4. The number of hydrogen-bond donors (Lipinski definition) is 2. The van der Waals surface area contributed by atoms with Gasteiger partial charge in [-0.3, -0.25) is 14.5 Å². The molecule has 1 unspecified atom stereocenters. The molecule has 1 saturated heterocycles. The van der Waals surface area contributed by atoms with Gasteiger partial charge in [0.1, 0.15) is 12.2 Å². The summed E-state index contributed by atoms with van der Waals surface area (Å²) in [5, 5.41) is 38.5. The van der Waals surface area contributed by atoms with Crippen LogP contribution in [-0.4, -0.2) is 70.5 Å². The SMILES string of the molecule is COc1cc(CC(=O)O)ccc1OC1CCN(CC(O)(c2cn(CC(=O)C#N)c3cc(C#N)ccc23)C(F)(F)F)CC1. The molecule has 10 nitrogen and oxygen atoms in total. The predicted octanol–water partition coefficient (Wildman–Crippen LogP) is 3.53. The van der Waals surface area contributed by atoms with Crippen LogP contribution in [0.4, 0.5) is 13.2 Å². The number of aliphatic hydroxyl groups is 1. The number of rotatable bonds is 10. The zero-order valence-corrected chi connectivity index (χ0v) is 22.5. The summed E-state index contributed by atoms with van der Waals surface area (Å²) in [5.74, 6) is -1.17. The van der Waals surface area contributed by atoms with E-state index in [-0.39, 0.29) is 42.1 Å². The molecule has 2 aromatic carbocycles. The summed E-state index contributed by atoms with van der Waals surface area (Å²) >= 11 is 0. The van der Waals surface area contributed by atoms with Gasteiger partial charge in [-0.1, -0.05) is 12.1 Å². The van der Waals surface area contributed by atoms with Gasteiger partial charge in [0.2, 0.25) is 5.60 Å². The molecule has 1 atom stereocenters. The molecular weight excluding hydrogens is 557 g/mol. The van der Waals surface area contributed by atoms with Gasteiger partial charge in [-0.2, -0.15) is 23.7 Å². The van der Waals surface area contributed by atoms with E-state index in [0.29, 0.717) is 29.9 Å². The van der Waals surface area contributed by atoms with E-state index < -0.39 is 42.2 Å². The Labute approximate surface area is 238 Å². The van der Waals surface area contributed by atoms with Crippen molar-refractivity contribution >= 4 is 22.7 Å². The lowest BCUT2D eigenvalue weighted by atomic mass is 9.90. The number of likely N-dealkylation sites (tertiary alicyclic amines) is 1. The van der Waals surface area contributed by atoms with Crippen LogP contribution < -0.4 is 9.47 Å². The van der Waals surface area contributed by atoms with E-state index in [1.165, 1.54) is 36.3 Å². The summed E-state index contributed by atoms with van der Waals surface area (Å²) in [6.07, 6.45) is -3.94. The van der Waals surface area contributed by atoms with E-state index in [1.807, 2.05) is 6.07 Å². The van der Waals surface area contributed by atoms with Crippen molar-refractivity contribution < 1.29 is 42.4 Å². The highest BCUT2D eigenvalue weighted by molar-refractivity contribution is 5.95. The molecule has 1 fully saturated rings. The van der Waals surface area contributed by atoms with Crippen LogP contribution >= 0.6 is 0 Å². The van der Waals surface area contributed by atoms with E-state index in [0.717, 1.165) is 10.8 Å². The van der Waals surface area contributed by atoms with Crippen molar-refractivity contribution in [2.24, 2.45) is 0 Å². The lowest BCUT2D eigenvalue weighted by Crippen LogP contribution is -2.53. The number of piperidine rings is 1. The quantitative estimate of drug-likeness (QED) is 0.341. The van der Waals surface area contributed by atoms with Gasteiger partial charge in [-0.25, -0.2) is 0 Å². The minimum atomic E-state index is -5.10. The van der Waals surface area contributed by atoms with E-state index >= 15 is 0 Å². The fraction of sp³-hybridized carbons (Fsp3) is 0.379. The van der Waals surface area contributed by atoms with Crippen LogP contribution in [0, 0.1) is 22.7 Å². The van der Waals surface area contributed by atoms with Crippen LogP contribution in [-0.2, 0) is 28.2 Å². The van der Waals surface area contributed by atoms with E-state index in [2.05, 4.69) is 0 Å². The normalized spacial score (nSPS) is 15.9. The number of benzene rings is 2. The van der Waals surface area contributed by atoms with Crippen molar-refractivity contribution in [1.82, 2.24) is 9.47 Å². The number of carbonyl (C=O) groups excluding carboxylic acids is 1. The molecule has 0 amide bonds. The number of ether oxygens (including phenoxy) is 2. The van der Waals surface area contributed by atoms with Crippen molar-refractivity contribution in [2.75, 3.05) is 26.7 Å². The lowest BCUT2D eigenvalue weighted by Gasteiger charge is -2.39. The molecule has 4 rings (SSSR count). The lowest BCUT2D eigenvalue weighted by molar-refractivity contribution is -0.272. The molecule has 0 bridgehead atoms. The molecule has 2 N–H and O–H groups in total. The second kappa shape index (κ2) is 12.1. The first-order valence-corrected chi connectivity index (χ1v) is 12.9. The van der Waals surface area contributed by atoms with Crippen LogP contribution in [0.25, 0.3) is 10.9 Å². The first-order chi connectivity index (χ1) is 19.9. The maximum absolute atomic E-state index is 14.6. The number of halogens is 3. The molecule has 220 valence electrons. The molecular formula is C29H27F3N4O6. The number of hydrogen-bond acceptors (Lipinski definition) is 8. The number of methoxy groups -OCH3 is 1. The Kier molecular flexibility index (Phi) is 8.75. The largest absolute Gasteiger partial charge is 0.493 e. The van der Waals surface area contributed by atoms with Gasteiger partial charge in [-0.05, 0) is 42.7 Å². The molecule has 0 radical (unpaired) electrons. The molecule has 1 aliphatic heterocycles. The van der Waals surface area contributed by atoms with Crippen LogP contribution in [0.5, 0.6) is 11.5 Å². The average molecular weight is 585 g/mol. The van der Waals surface area contributed by atoms with Crippen LogP contribution in [0.2, 0.25) is 0 Å². The molecule has 2 heterocycles. The van der Waals surface area contributed by atoms with Crippen molar-refractivity contribution in [3.8, 4) is 23.6 Å². The number of alkyl halides is 3. The van der Waals surface area contributed by atoms with E-state index in [4.69, 9.17) is 19.8 Å². The van der Waals surface area contributed by atoms with Crippen molar-refractivity contribution in [2.45, 2.75) is 43.7 Å². The van der Waals surface area contributed by atoms with Crippen LogP contribution in [0.1, 0.15) is 29.5 Å². The predicted molar refractivity (Wildman–Crippen MR) is 142 cm³/mol. The number of ketones is 1. The van der Waals surface area contributed by atoms with Gasteiger partial charge in [0, 0.05) is 36.8 Å². The summed E-state index contributed by atoms with van der Waals surface area (Å²) in [7, 11) is 1.42. The topological polar surface area (TPSA) is 149 Å². The standard InChI is InChI=1S/C29H27F3N4O6/c1-41-26-11-18(12-27(38)39)3-5-25(26)42-21-6-8-35(9-7-21)17-28(40,29(30,31)32)23-16-36(15-20(37)14-34)24-10-19(13-33)2-4-22(23)24/h2-5,10-11,16,21,40H,6-9,12,15,17H2,1H3,(H,38,39). The molecule has 1 aromatic heterocycles. The minimum absolute atomic E-state index is 0.0104. The molecule has 1 aliphatic rings. The van der Waals surface area contributed by atoms with E-state index in [1.54, 1.807) is 18.2 Å². The average Bonchev–Trinajstić information content (AvgIpc) is 3.31. The third kappa shape index (κ3) is 6.33. The smallest absolute Gasteiger partial charge is 0.422 e. The Bertz CT molecular complexity index is 1580. The number of carbonyl (C=O) groups is 2. The molecule has 42 heavy (non-hydrogen) atoms. The Morgan fingerprint density at radius 1 is 1.10 bits per heavy atom. The highest BCUT2D eigenvalue weighted by atomic mass is 19.4. The fourth-order valence-electron chi connectivity index (χ4n) is 5.12. The summed E-state index contributed by atoms with van der Waals surface area (Å²) in [6.45, 7) is -0.986. The van der Waals surface area contributed by atoms with Gasteiger partial charge in [0.15, 0.2) is 11.5 Å². The first-order valence-electron chi connectivity index (χ1n) is 12.9. The van der Waals surface area contributed by atoms with E-state index in [9.17, 15) is 33.1 Å². The summed E-state index contributed by atoms with van der Waals surface area (Å²) in [6, 6.07) is 12.0. The monoisotopic (exact) mass is 584 g/mol. The number of fused-ring (bicyclic) bond motifs is 1. The third-order valence-electron chi connectivity index (χ3n) is 7.23. The van der Waals surface area contributed by atoms with Crippen LogP contribution in [0.3, 0.4) is 0 Å². The number of β-amino-alcohol motifs (C(OH)–C–C–N with tert-alkyl or cyclic N) is 1. The zero-order valence-electron chi connectivity index (χ0n) is 22.5. The zero-order chi connectivity index (χ0) is 30.7. The Balaban J connectivity index is 1.55. The Morgan fingerprint density at radius 3 is 2.40 bits per heavy atom. The number of carboxylic acid groups (broad SMARTS) is 1. The van der Waals surface area contributed by atoms with Crippen molar-refractivity contribution in [1.29, 1.82) is 10.5 Å². The van der Waals surface area contributed by atoms with Gasteiger partial charge < -0.3 is 24.3 Å². The van der Waals surface area contributed by atoms with Gasteiger partial charge in [-0.15, -0.1) is 0 Å². The summed E-state index contributed by atoms with van der Waals surface area (Å²) in [5.41, 5.74) is -3.02. The molecule has 3 aromatic rings. The van der Waals surface area contributed by atoms with Crippen molar-refractivity contribution in [3.05, 3.63) is 59.3 Å². The van der Waals surface area contributed by atoms with Gasteiger partial charge in [0.25, 0.3) is 5.78 Å².